The minimum atomic E-state index is -0.767. The van der Waals surface area contributed by atoms with Gasteiger partial charge >= 0.3 is 5.97 Å². The van der Waals surface area contributed by atoms with Gasteiger partial charge in [-0.2, -0.15) is 0 Å². The Morgan fingerprint density at radius 3 is 3.00 bits per heavy atom. The number of carboxylic acids is 1. The van der Waals surface area contributed by atoms with E-state index in [1.807, 2.05) is 17.0 Å². The Morgan fingerprint density at radius 1 is 1.45 bits per heavy atom. The lowest BCUT2D eigenvalue weighted by Crippen LogP contribution is -2.34. The van der Waals surface area contributed by atoms with Crippen LogP contribution >= 0.6 is 11.3 Å². The maximum Gasteiger partial charge on any atom is 0.317 e. The number of benzene rings is 1. The van der Waals surface area contributed by atoms with Crippen LogP contribution in [0.5, 0.6) is 0 Å². The number of carboxylic acid groups (broad SMARTS) is 1. The van der Waals surface area contributed by atoms with Crippen molar-refractivity contribution >= 4 is 17.3 Å². The Morgan fingerprint density at radius 2 is 2.25 bits per heavy atom. The number of aromatic nitrogens is 1. The summed E-state index contributed by atoms with van der Waals surface area (Å²) in [6, 6.07) is 8.24. The van der Waals surface area contributed by atoms with Crippen LogP contribution in [0.1, 0.15) is 16.1 Å². The van der Waals surface area contributed by atoms with Crippen molar-refractivity contribution in [3.63, 3.8) is 0 Å². The molecule has 1 aromatic heterocycles. The van der Waals surface area contributed by atoms with Gasteiger partial charge in [-0.15, -0.1) is 11.3 Å². The Balaban J connectivity index is 1.87. The maximum atomic E-state index is 10.8. The van der Waals surface area contributed by atoms with Crippen LogP contribution in [0.15, 0.2) is 24.3 Å². The highest BCUT2D eigenvalue weighted by Gasteiger charge is 2.22. The van der Waals surface area contributed by atoms with Crippen LogP contribution < -0.4 is 0 Å². The van der Waals surface area contributed by atoms with Crippen molar-refractivity contribution in [3.8, 4) is 10.6 Å². The second-order valence-corrected chi connectivity index (χ2v) is 6.14. The molecule has 2 heterocycles. The summed E-state index contributed by atoms with van der Waals surface area (Å²) in [5, 5.41) is 9.93. The highest BCUT2D eigenvalue weighted by Crippen LogP contribution is 2.33. The van der Waals surface area contributed by atoms with Gasteiger partial charge in [0, 0.05) is 30.0 Å². The molecule has 1 aliphatic rings. The first-order chi connectivity index (χ1) is 9.63. The number of hydrogen-bond donors (Lipinski definition) is 1. The molecule has 3 rings (SSSR count). The highest BCUT2D eigenvalue weighted by molar-refractivity contribution is 7.15. The van der Waals surface area contributed by atoms with Gasteiger partial charge in [0.15, 0.2) is 0 Å². The third-order valence-electron chi connectivity index (χ3n) is 3.54. The molecule has 0 bridgehead atoms. The molecule has 104 valence electrons. The van der Waals surface area contributed by atoms with Gasteiger partial charge < -0.3 is 5.11 Å². The van der Waals surface area contributed by atoms with Crippen molar-refractivity contribution in [2.45, 2.75) is 19.9 Å². The first-order valence-electron chi connectivity index (χ1n) is 6.62. The van der Waals surface area contributed by atoms with Crippen molar-refractivity contribution in [2.75, 3.05) is 13.1 Å². The number of rotatable bonds is 3. The van der Waals surface area contributed by atoms with Crippen LogP contribution in [-0.4, -0.2) is 34.0 Å². The van der Waals surface area contributed by atoms with Gasteiger partial charge in [-0.3, -0.25) is 9.69 Å². The molecule has 1 N–H and O–H groups in total. The summed E-state index contributed by atoms with van der Waals surface area (Å²) in [7, 11) is 0. The lowest BCUT2D eigenvalue weighted by Gasteiger charge is -2.23. The Kier molecular flexibility index (Phi) is 3.54. The molecule has 20 heavy (non-hydrogen) atoms. The number of carbonyl (C=O) groups is 1. The summed E-state index contributed by atoms with van der Waals surface area (Å²) in [5.41, 5.74) is 3.53. The zero-order valence-electron chi connectivity index (χ0n) is 11.3. The predicted octanol–water partition coefficient (Wildman–Crippen LogP) is 2.56. The number of aryl methyl sites for hydroxylation is 1. The molecule has 0 spiro atoms. The average Bonchev–Trinajstić information content (AvgIpc) is 2.81. The second kappa shape index (κ2) is 5.34. The molecular weight excluding hydrogens is 272 g/mol. The van der Waals surface area contributed by atoms with Crippen LogP contribution in [0.3, 0.4) is 0 Å². The smallest absolute Gasteiger partial charge is 0.317 e. The van der Waals surface area contributed by atoms with Crippen LogP contribution in [0, 0.1) is 6.92 Å². The van der Waals surface area contributed by atoms with Gasteiger partial charge in [0.05, 0.1) is 12.2 Å². The predicted molar refractivity (Wildman–Crippen MR) is 78.9 cm³/mol. The van der Waals surface area contributed by atoms with Gasteiger partial charge in [-0.05, 0) is 12.5 Å². The quantitative estimate of drug-likeness (QED) is 0.943. The molecule has 0 radical (unpaired) electrons. The van der Waals surface area contributed by atoms with Gasteiger partial charge in [0.25, 0.3) is 0 Å². The number of nitrogens with zero attached hydrogens (tertiary/aromatic N) is 2. The molecular formula is C15H16N2O2S. The summed E-state index contributed by atoms with van der Waals surface area (Å²) >= 11 is 1.69. The second-order valence-electron chi connectivity index (χ2n) is 5.06. The molecule has 0 aliphatic carbocycles. The molecule has 5 heteroatoms. The van der Waals surface area contributed by atoms with Crippen LogP contribution in [0.4, 0.5) is 0 Å². The fraction of sp³-hybridized carbons (Fsp3) is 0.333. The Labute approximate surface area is 121 Å². The first kappa shape index (κ1) is 13.3. The maximum absolute atomic E-state index is 10.8. The largest absolute Gasteiger partial charge is 0.480 e. The van der Waals surface area contributed by atoms with Crippen molar-refractivity contribution in [3.05, 3.63) is 40.4 Å². The molecule has 1 aromatic carbocycles. The molecule has 0 fully saturated rings. The van der Waals surface area contributed by atoms with E-state index < -0.39 is 5.97 Å². The summed E-state index contributed by atoms with van der Waals surface area (Å²) in [4.78, 5) is 18.7. The third-order valence-corrected chi connectivity index (χ3v) is 4.66. The third kappa shape index (κ3) is 2.59. The molecule has 0 amide bonds. The normalized spacial score (nSPS) is 15.1. The molecule has 2 aromatic rings. The highest BCUT2D eigenvalue weighted by atomic mass is 32.1. The Hall–Kier alpha value is -1.72. The SMILES string of the molecule is Cc1ccccc1-c1nc2c(s1)CN(CC(=O)O)CC2. The van der Waals surface area contributed by atoms with E-state index >= 15 is 0 Å². The standard InChI is InChI=1S/C15H16N2O2S/c1-10-4-2-3-5-11(10)15-16-12-6-7-17(9-14(18)19)8-13(12)20-15/h2-5H,6-9H2,1H3,(H,18,19). The van der Waals surface area contributed by atoms with E-state index in [9.17, 15) is 4.79 Å². The van der Waals surface area contributed by atoms with E-state index in [4.69, 9.17) is 10.1 Å². The number of hydrogen-bond acceptors (Lipinski definition) is 4. The molecule has 4 nitrogen and oxygen atoms in total. The van der Waals surface area contributed by atoms with Crippen LogP contribution in [0.25, 0.3) is 10.6 Å². The molecule has 1 aliphatic heterocycles. The minimum absolute atomic E-state index is 0.108. The molecule has 0 atom stereocenters. The zero-order valence-corrected chi connectivity index (χ0v) is 12.1. The van der Waals surface area contributed by atoms with E-state index in [-0.39, 0.29) is 6.54 Å². The molecule has 0 saturated carbocycles. The minimum Gasteiger partial charge on any atom is -0.480 e. The summed E-state index contributed by atoms with van der Waals surface area (Å²) in [5.74, 6) is -0.767. The summed E-state index contributed by atoms with van der Waals surface area (Å²) in [6.07, 6.45) is 0.838. The van der Waals surface area contributed by atoms with E-state index in [0.29, 0.717) is 6.54 Å². The number of fused-ring (bicyclic) bond motifs is 1. The zero-order chi connectivity index (χ0) is 14.1. The van der Waals surface area contributed by atoms with Gasteiger partial charge in [0.1, 0.15) is 5.01 Å². The van der Waals surface area contributed by atoms with Crippen LogP contribution in [-0.2, 0) is 17.8 Å². The fourth-order valence-electron chi connectivity index (χ4n) is 2.50. The first-order valence-corrected chi connectivity index (χ1v) is 7.44. The monoisotopic (exact) mass is 288 g/mol. The Bertz CT molecular complexity index is 651. The summed E-state index contributed by atoms with van der Waals surface area (Å²) in [6.45, 7) is 3.67. The van der Waals surface area contributed by atoms with Gasteiger partial charge in [-0.25, -0.2) is 4.98 Å². The van der Waals surface area contributed by atoms with Crippen molar-refractivity contribution in [1.82, 2.24) is 9.88 Å². The lowest BCUT2D eigenvalue weighted by molar-refractivity contribution is -0.138. The van der Waals surface area contributed by atoms with Crippen molar-refractivity contribution in [1.29, 1.82) is 0 Å². The molecule has 0 saturated heterocycles. The van der Waals surface area contributed by atoms with E-state index in [0.717, 1.165) is 23.7 Å². The molecule has 0 unspecified atom stereocenters. The van der Waals surface area contributed by atoms with Gasteiger partial charge in [-0.1, -0.05) is 24.3 Å². The number of thiazole rings is 1. The lowest BCUT2D eigenvalue weighted by atomic mass is 10.1. The van der Waals surface area contributed by atoms with Gasteiger partial charge in [0.2, 0.25) is 0 Å². The summed E-state index contributed by atoms with van der Waals surface area (Å²) < 4.78 is 0. The van der Waals surface area contributed by atoms with Crippen molar-refractivity contribution in [2.24, 2.45) is 0 Å². The van der Waals surface area contributed by atoms with E-state index in [1.165, 1.54) is 16.0 Å². The van der Waals surface area contributed by atoms with E-state index in [1.54, 1.807) is 11.3 Å². The number of aliphatic carboxylic acids is 1. The topological polar surface area (TPSA) is 53.4 Å². The van der Waals surface area contributed by atoms with Crippen molar-refractivity contribution < 1.29 is 9.90 Å². The van der Waals surface area contributed by atoms with E-state index in [2.05, 4.69) is 19.1 Å². The fourth-order valence-corrected chi connectivity index (χ4v) is 3.74. The average molecular weight is 288 g/mol. The van der Waals surface area contributed by atoms with Crippen LogP contribution in [0.2, 0.25) is 0 Å².